The summed E-state index contributed by atoms with van der Waals surface area (Å²) in [4.78, 5) is 20.0. The summed E-state index contributed by atoms with van der Waals surface area (Å²) in [5, 5.41) is 3.23. The fourth-order valence-corrected chi connectivity index (χ4v) is 2.05. The van der Waals surface area contributed by atoms with Gasteiger partial charge in [-0.1, -0.05) is 0 Å². The van der Waals surface area contributed by atoms with E-state index in [1.165, 1.54) is 12.8 Å². The molecule has 0 unspecified atom stereocenters. The van der Waals surface area contributed by atoms with Gasteiger partial charge < -0.3 is 11.1 Å². The minimum absolute atomic E-state index is 0.426. The fourth-order valence-electron chi connectivity index (χ4n) is 2.05. The summed E-state index contributed by atoms with van der Waals surface area (Å²) in [5.41, 5.74) is 7.54. The van der Waals surface area contributed by atoms with E-state index in [9.17, 15) is 4.79 Å². The van der Waals surface area contributed by atoms with Gasteiger partial charge in [-0.15, -0.1) is 0 Å². The van der Waals surface area contributed by atoms with Crippen molar-refractivity contribution in [1.82, 2.24) is 9.97 Å². The molecule has 1 saturated carbocycles. The van der Waals surface area contributed by atoms with E-state index in [-0.39, 0.29) is 0 Å². The number of primary amides is 1. The van der Waals surface area contributed by atoms with Gasteiger partial charge in [0, 0.05) is 28.9 Å². The second kappa shape index (κ2) is 4.92. The smallest absolute Gasteiger partial charge is 0.248 e. The van der Waals surface area contributed by atoms with Gasteiger partial charge in [0.2, 0.25) is 5.91 Å². The first-order chi connectivity index (χ1) is 9.61. The van der Waals surface area contributed by atoms with Crippen molar-refractivity contribution in [1.29, 1.82) is 0 Å². The van der Waals surface area contributed by atoms with E-state index in [4.69, 9.17) is 5.73 Å². The van der Waals surface area contributed by atoms with E-state index in [2.05, 4.69) is 15.3 Å². The summed E-state index contributed by atoms with van der Waals surface area (Å²) < 4.78 is 0. The van der Waals surface area contributed by atoms with Crippen molar-refractivity contribution in [2.24, 2.45) is 5.73 Å². The first-order valence-corrected chi connectivity index (χ1v) is 6.64. The maximum absolute atomic E-state index is 11.0. The Labute approximate surface area is 117 Å². The van der Waals surface area contributed by atoms with Crippen LogP contribution < -0.4 is 11.1 Å². The molecule has 1 aromatic carbocycles. The van der Waals surface area contributed by atoms with Gasteiger partial charge in [0.1, 0.15) is 11.6 Å². The van der Waals surface area contributed by atoms with Crippen molar-refractivity contribution in [2.75, 3.05) is 5.32 Å². The zero-order chi connectivity index (χ0) is 14.1. The van der Waals surface area contributed by atoms with Crippen LogP contribution in [0.3, 0.4) is 0 Å². The van der Waals surface area contributed by atoms with Crippen molar-refractivity contribution in [3.63, 3.8) is 0 Å². The average molecular weight is 268 g/mol. The Morgan fingerprint density at radius 2 is 1.95 bits per heavy atom. The third-order valence-electron chi connectivity index (χ3n) is 3.26. The van der Waals surface area contributed by atoms with Crippen LogP contribution in [0, 0.1) is 6.92 Å². The molecule has 5 heteroatoms. The SMILES string of the molecule is Cc1cc(Nc2ccc(C(N)=O)cc2)nc(C2CC2)n1. The molecule has 1 heterocycles. The Kier molecular flexibility index (Phi) is 3.10. The van der Waals surface area contributed by atoms with E-state index >= 15 is 0 Å². The Balaban J connectivity index is 1.81. The Hall–Kier alpha value is -2.43. The lowest BCUT2D eigenvalue weighted by atomic mass is 10.2. The molecule has 1 aliphatic rings. The summed E-state index contributed by atoms with van der Waals surface area (Å²) in [6.07, 6.45) is 2.35. The first kappa shape index (κ1) is 12.6. The molecule has 3 N–H and O–H groups in total. The molecule has 0 saturated heterocycles. The summed E-state index contributed by atoms with van der Waals surface area (Å²) in [6, 6.07) is 8.93. The minimum Gasteiger partial charge on any atom is -0.366 e. The van der Waals surface area contributed by atoms with Crippen LogP contribution in [0.4, 0.5) is 11.5 Å². The molecule has 1 fully saturated rings. The number of aryl methyl sites for hydroxylation is 1. The van der Waals surface area contributed by atoms with Crippen LogP contribution in [0.1, 0.15) is 40.6 Å². The van der Waals surface area contributed by atoms with Gasteiger partial charge in [-0.25, -0.2) is 9.97 Å². The number of anilines is 2. The van der Waals surface area contributed by atoms with Crippen molar-refractivity contribution >= 4 is 17.4 Å². The van der Waals surface area contributed by atoms with Gasteiger partial charge in [-0.3, -0.25) is 4.79 Å². The number of nitrogens with one attached hydrogen (secondary N) is 1. The largest absolute Gasteiger partial charge is 0.366 e. The number of amides is 1. The van der Waals surface area contributed by atoms with Crippen LogP contribution >= 0.6 is 0 Å². The second-order valence-electron chi connectivity index (χ2n) is 5.09. The summed E-state index contributed by atoms with van der Waals surface area (Å²) in [7, 11) is 0. The third-order valence-corrected chi connectivity index (χ3v) is 3.26. The van der Waals surface area contributed by atoms with Crippen LogP contribution in [0.2, 0.25) is 0 Å². The lowest BCUT2D eigenvalue weighted by Gasteiger charge is -2.08. The molecular formula is C15H16N4O. The number of carbonyl (C=O) groups is 1. The van der Waals surface area contributed by atoms with E-state index in [1.54, 1.807) is 12.1 Å². The molecular weight excluding hydrogens is 252 g/mol. The first-order valence-electron chi connectivity index (χ1n) is 6.64. The van der Waals surface area contributed by atoms with Crippen molar-refractivity contribution in [2.45, 2.75) is 25.7 Å². The van der Waals surface area contributed by atoms with E-state index in [0.29, 0.717) is 11.5 Å². The number of rotatable bonds is 4. The van der Waals surface area contributed by atoms with Gasteiger partial charge in [-0.05, 0) is 44.0 Å². The van der Waals surface area contributed by atoms with Crippen LogP contribution in [-0.4, -0.2) is 15.9 Å². The molecule has 0 atom stereocenters. The third kappa shape index (κ3) is 2.77. The summed E-state index contributed by atoms with van der Waals surface area (Å²) in [6.45, 7) is 1.97. The number of aromatic nitrogens is 2. The van der Waals surface area contributed by atoms with Gasteiger partial charge >= 0.3 is 0 Å². The van der Waals surface area contributed by atoms with Gasteiger partial charge in [0.15, 0.2) is 0 Å². The predicted octanol–water partition coefficient (Wildman–Crippen LogP) is 2.50. The number of hydrogen-bond acceptors (Lipinski definition) is 4. The number of hydrogen-bond donors (Lipinski definition) is 2. The van der Waals surface area contributed by atoms with Crippen molar-refractivity contribution in [3.05, 3.63) is 47.4 Å². The summed E-state index contributed by atoms with van der Waals surface area (Å²) in [5.74, 6) is 1.80. The highest BCUT2D eigenvalue weighted by molar-refractivity contribution is 5.93. The van der Waals surface area contributed by atoms with Crippen molar-refractivity contribution < 1.29 is 4.79 Å². The Bertz CT molecular complexity index is 647. The standard InChI is InChI=1S/C15H16N4O/c1-9-8-13(19-15(17-9)11-2-3-11)18-12-6-4-10(5-7-12)14(16)20/h4-8,11H,2-3H2,1H3,(H2,16,20)(H,17,18,19). The van der Waals surface area contributed by atoms with Gasteiger partial charge in [0.05, 0.1) is 0 Å². The molecule has 1 aliphatic carbocycles. The molecule has 0 spiro atoms. The number of carbonyl (C=O) groups excluding carboxylic acids is 1. The molecule has 0 aliphatic heterocycles. The van der Waals surface area contributed by atoms with Crippen LogP contribution in [-0.2, 0) is 0 Å². The quantitative estimate of drug-likeness (QED) is 0.892. The highest BCUT2D eigenvalue weighted by Crippen LogP contribution is 2.38. The Morgan fingerprint density at radius 1 is 1.25 bits per heavy atom. The van der Waals surface area contributed by atoms with Crippen LogP contribution in [0.15, 0.2) is 30.3 Å². The predicted molar refractivity (Wildman–Crippen MR) is 77.0 cm³/mol. The Morgan fingerprint density at radius 3 is 2.55 bits per heavy atom. The summed E-state index contributed by atoms with van der Waals surface area (Å²) >= 11 is 0. The number of nitrogens with zero attached hydrogens (tertiary/aromatic N) is 2. The van der Waals surface area contributed by atoms with Crippen molar-refractivity contribution in [3.8, 4) is 0 Å². The maximum atomic E-state index is 11.0. The minimum atomic E-state index is -0.426. The zero-order valence-electron chi connectivity index (χ0n) is 11.3. The second-order valence-corrected chi connectivity index (χ2v) is 5.09. The number of benzene rings is 1. The highest BCUT2D eigenvalue weighted by Gasteiger charge is 2.27. The average Bonchev–Trinajstić information content (AvgIpc) is 3.23. The molecule has 3 rings (SSSR count). The van der Waals surface area contributed by atoms with Crippen LogP contribution in [0.25, 0.3) is 0 Å². The fraction of sp³-hybridized carbons (Fsp3) is 0.267. The van der Waals surface area contributed by atoms with E-state index in [0.717, 1.165) is 23.0 Å². The molecule has 0 radical (unpaired) electrons. The van der Waals surface area contributed by atoms with Gasteiger partial charge in [-0.2, -0.15) is 0 Å². The topological polar surface area (TPSA) is 80.9 Å². The normalized spacial score (nSPS) is 14.1. The molecule has 2 aromatic rings. The lowest BCUT2D eigenvalue weighted by Crippen LogP contribution is -2.10. The molecule has 5 nitrogen and oxygen atoms in total. The zero-order valence-corrected chi connectivity index (χ0v) is 11.3. The van der Waals surface area contributed by atoms with E-state index < -0.39 is 5.91 Å². The molecule has 102 valence electrons. The molecule has 1 amide bonds. The number of nitrogens with two attached hydrogens (primary N) is 1. The maximum Gasteiger partial charge on any atom is 0.248 e. The highest BCUT2D eigenvalue weighted by atomic mass is 16.1. The lowest BCUT2D eigenvalue weighted by molar-refractivity contribution is 0.100. The van der Waals surface area contributed by atoms with Crippen LogP contribution in [0.5, 0.6) is 0 Å². The molecule has 1 aromatic heterocycles. The van der Waals surface area contributed by atoms with E-state index in [1.807, 2.05) is 25.1 Å². The molecule has 0 bridgehead atoms. The monoisotopic (exact) mass is 268 g/mol. The molecule has 20 heavy (non-hydrogen) atoms. The van der Waals surface area contributed by atoms with Gasteiger partial charge in [0.25, 0.3) is 0 Å².